The summed E-state index contributed by atoms with van der Waals surface area (Å²) in [5.74, 6) is 0.865. The minimum Gasteiger partial charge on any atom is -0.496 e. The van der Waals surface area contributed by atoms with Crippen LogP contribution in [0.2, 0.25) is 0 Å². The molecule has 1 unspecified atom stereocenters. The Morgan fingerprint density at radius 1 is 1.29 bits per heavy atom. The second kappa shape index (κ2) is 5.34. The highest BCUT2D eigenvalue weighted by Crippen LogP contribution is 2.26. The number of methoxy groups -OCH3 is 1. The van der Waals surface area contributed by atoms with Crippen LogP contribution in [0.25, 0.3) is 0 Å². The molecule has 3 nitrogen and oxygen atoms in total. The number of ether oxygens (including phenoxy) is 1. The van der Waals surface area contributed by atoms with Crippen molar-refractivity contribution in [3.63, 3.8) is 0 Å². The Bertz CT molecular complexity index is 489. The van der Waals surface area contributed by atoms with Gasteiger partial charge in [0.15, 0.2) is 0 Å². The van der Waals surface area contributed by atoms with E-state index in [-0.39, 0.29) is 6.04 Å². The van der Waals surface area contributed by atoms with Crippen LogP contribution in [-0.4, -0.2) is 13.3 Å². The summed E-state index contributed by atoms with van der Waals surface area (Å²) < 4.78 is 10.3. The quantitative estimate of drug-likeness (QED) is 0.752. The molecule has 0 saturated heterocycles. The fourth-order valence-corrected chi connectivity index (χ4v) is 1.64. The third-order valence-corrected chi connectivity index (χ3v) is 2.58. The lowest BCUT2D eigenvalue weighted by atomic mass is 10.1. The van der Waals surface area contributed by atoms with E-state index in [1.807, 2.05) is 37.3 Å². The van der Waals surface area contributed by atoms with Crippen LogP contribution in [0.5, 0.6) is 5.75 Å². The molecule has 0 aliphatic carbocycles. The molecular formula is C14H15NO2. The number of aliphatic imine (C=N–C) groups is 1. The van der Waals surface area contributed by atoms with Gasteiger partial charge in [0.05, 0.1) is 25.7 Å². The van der Waals surface area contributed by atoms with Gasteiger partial charge in [-0.15, -0.1) is 0 Å². The number of nitrogens with zero attached hydrogens (tertiary/aromatic N) is 1. The van der Waals surface area contributed by atoms with E-state index in [0.717, 1.165) is 16.9 Å². The van der Waals surface area contributed by atoms with Crippen LogP contribution < -0.4 is 4.74 Å². The van der Waals surface area contributed by atoms with Crippen molar-refractivity contribution in [2.45, 2.75) is 13.0 Å². The van der Waals surface area contributed by atoms with E-state index in [1.165, 1.54) is 0 Å². The lowest BCUT2D eigenvalue weighted by molar-refractivity contribution is 0.407. The standard InChI is InChI=1S/C14H15NO2/c1-11(15-9-12-7-8-17-10-12)13-5-3-4-6-14(13)16-2/h3-11H,1-2H3. The van der Waals surface area contributed by atoms with Crippen LogP contribution in [-0.2, 0) is 0 Å². The van der Waals surface area contributed by atoms with Crippen molar-refractivity contribution < 1.29 is 9.15 Å². The first-order valence-electron chi connectivity index (χ1n) is 5.49. The minimum absolute atomic E-state index is 0.0565. The first kappa shape index (κ1) is 11.5. The molecule has 2 rings (SSSR count). The number of benzene rings is 1. The zero-order chi connectivity index (χ0) is 12.1. The molecule has 2 aromatic rings. The van der Waals surface area contributed by atoms with E-state index in [9.17, 15) is 0 Å². The molecule has 1 aromatic carbocycles. The van der Waals surface area contributed by atoms with Gasteiger partial charge in [0.1, 0.15) is 5.75 Å². The maximum atomic E-state index is 5.31. The Kier molecular flexibility index (Phi) is 3.60. The molecule has 17 heavy (non-hydrogen) atoms. The van der Waals surface area contributed by atoms with Gasteiger partial charge in [-0.05, 0) is 19.1 Å². The number of hydrogen-bond donors (Lipinski definition) is 0. The summed E-state index contributed by atoms with van der Waals surface area (Å²) in [7, 11) is 1.67. The number of furan rings is 1. The fraction of sp³-hybridized carbons (Fsp3) is 0.214. The predicted molar refractivity (Wildman–Crippen MR) is 67.7 cm³/mol. The maximum absolute atomic E-state index is 5.31. The molecule has 0 amide bonds. The van der Waals surface area contributed by atoms with Crippen LogP contribution in [0, 0.1) is 0 Å². The van der Waals surface area contributed by atoms with E-state index in [4.69, 9.17) is 9.15 Å². The molecular weight excluding hydrogens is 214 g/mol. The van der Waals surface area contributed by atoms with Crippen molar-refractivity contribution >= 4 is 6.21 Å². The second-order valence-corrected chi connectivity index (χ2v) is 3.75. The smallest absolute Gasteiger partial charge is 0.124 e. The average molecular weight is 229 g/mol. The van der Waals surface area contributed by atoms with Crippen molar-refractivity contribution in [3.8, 4) is 5.75 Å². The largest absolute Gasteiger partial charge is 0.496 e. The molecule has 1 aromatic heterocycles. The van der Waals surface area contributed by atoms with Gasteiger partial charge in [0.25, 0.3) is 0 Å². The van der Waals surface area contributed by atoms with Crippen LogP contribution in [0.1, 0.15) is 24.1 Å². The van der Waals surface area contributed by atoms with Gasteiger partial charge in [0.2, 0.25) is 0 Å². The Morgan fingerprint density at radius 3 is 2.82 bits per heavy atom. The third kappa shape index (κ3) is 2.75. The van der Waals surface area contributed by atoms with Crippen LogP contribution in [0.4, 0.5) is 0 Å². The lowest BCUT2D eigenvalue weighted by Crippen LogP contribution is -1.95. The van der Waals surface area contributed by atoms with Crippen LogP contribution in [0.3, 0.4) is 0 Å². The number of para-hydroxylation sites is 1. The Hall–Kier alpha value is -2.03. The Morgan fingerprint density at radius 2 is 2.12 bits per heavy atom. The molecule has 0 N–H and O–H groups in total. The second-order valence-electron chi connectivity index (χ2n) is 3.75. The molecule has 0 saturated carbocycles. The van der Waals surface area contributed by atoms with Crippen molar-refractivity contribution in [3.05, 3.63) is 54.0 Å². The lowest BCUT2D eigenvalue weighted by Gasteiger charge is -2.11. The summed E-state index contributed by atoms with van der Waals surface area (Å²) >= 11 is 0. The van der Waals surface area contributed by atoms with Crippen molar-refractivity contribution in [1.82, 2.24) is 0 Å². The average Bonchev–Trinajstić information content (AvgIpc) is 2.89. The van der Waals surface area contributed by atoms with E-state index < -0.39 is 0 Å². The highest BCUT2D eigenvalue weighted by molar-refractivity contribution is 5.79. The van der Waals surface area contributed by atoms with Gasteiger partial charge >= 0.3 is 0 Å². The van der Waals surface area contributed by atoms with Gasteiger partial charge in [0, 0.05) is 17.3 Å². The summed E-state index contributed by atoms with van der Waals surface area (Å²) in [6, 6.07) is 9.84. The van der Waals surface area contributed by atoms with E-state index in [1.54, 1.807) is 25.9 Å². The fourth-order valence-electron chi connectivity index (χ4n) is 1.64. The Balaban J connectivity index is 2.17. The van der Waals surface area contributed by atoms with Gasteiger partial charge in [-0.1, -0.05) is 18.2 Å². The summed E-state index contributed by atoms with van der Waals surface area (Å²) in [6.45, 7) is 2.04. The zero-order valence-corrected chi connectivity index (χ0v) is 9.96. The van der Waals surface area contributed by atoms with Gasteiger partial charge in [-0.2, -0.15) is 0 Å². The number of hydrogen-bond acceptors (Lipinski definition) is 3. The maximum Gasteiger partial charge on any atom is 0.124 e. The minimum atomic E-state index is 0.0565. The van der Waals surface area contributed by atoms with Crippen molar-refractivity contribution in [1.29, 1.82) is 0 Å². The molecule has 0 aliphatic rings. The zero-order valence-electron chi connectivity index (χ0n) is 9.96. The first-order valence-corrected chi connectivity index (χ1v) is 5.49. The van der Waals surface area contributed by atoms with Crippen LogP contribution >= 0.6 is 0 Å². The monoisotopic (exact) mass is 229 g/mol. The Labute approximate surface area is 101 Å². The van der Waals surface area contributed by atoms with Gasteiger partial charge in [-0.3, -0.25) is 4.99 Å². The SMILES string of the molecule is COc1ccccc1C(C)N=Cc1ccoc1. The highest BCUT2D eigenvalue weighted by Gasteiger charge is 2.08. The number of rotatable bonds is 4. The summed E-state index contributed by atoms with van der Waals surface area (Å²) in [5, 5.41) is 0. The topological polar surface area (TPSA) is 34.7 Å². The normalized spacial score (nSPS) is 12.8. The highest BCUT2D eigenvalue weighted by atomic mass is 16.5. The van der Waals surface area contributed by atoms with E-state index >= 15 is 0 Å². The molecule has 3 heteroatoms. The predicted octanol–water partition coefficient (Wildman–Crippen LogP) is 3.47. The first-order chi connectivity index (χ1) is 8.31. The third-order valence-electron chi connectivity index (χ3n) is 2.58. The van der Waals surface area contributed by atoms with Gasteiger partial charge < -0.3 is 9.15 Å². The van der Waals surface area contributed by atoms with E-state index in [0.29, 0.717) is 0 Å². The summed E-state index contributed by atoms with van der Waals surface area (Å²) in [4.78, 5) is 4.48. The summed E-state index contributed by atoms with van der Waals surface area (Å²) in [6.07, 6.45) is 5.11. The van der Waals surface area contributed by atoms with Gasteiger partial charge in [-0.25, -0.2) is 0 Å². The molecule has 0 fully saturated rings. The molecule has 88 valence electrons. The van der Waals surface area contributed by atoms with Crippen LogP contribution in [0.15, 0.2) is 52.3 Å². The molecule has 0 spiro atoms. The molecule has 0 bridgehead atoms. The molecule has 1 heterocycles. The van der Waals surface area contributed by atoms with Crippen molar-refractivity contribution in [2.75, 3.05) is 7.11 Å². The summed E-state index contributed by atoms with van der Waals surface area (Å²) in [5.41, 5.74) is 2.04. The molecule has 0 radical (unpaired) electrons. The molecule has 1 atom stereocenters. The molecule has 0 aliphatic heterocycles. The van der Waals surface area contributed by atoms with E-state index in [2.05, 4.69) is 4.99 Å². The van der Waals surface area contributed by atoms with Crippen molar-refractivity contribution in [2.24, 2.45) is 4.99 Å².